The molecule has 1 fully saturated rings. The topological polar surface area (TPSA) is 3.24 Å². The first-order chi connectivity index (χ1) is 9.36. The van der Waals surface area contributed by atoms with Crippen LogP contribution in [0.2, 0.25) is 0 Å². The van der Waals surface area contributed by atoms with Gasteiger partial charge < -0.3 is 4.90 Å². The van der Waals surface area contributed by atoms with Crippen LogP contribution in [0.3, 0.4) is 0 Å². The van der Waals surface area contributed by atoms with E-state index in [1.807, 2.05) is 0 Å². The van der Waals surface area contributed by atoms with E-state index in [0.29, 0.717) is 0 Å². The third-order valence-corrected chi connectivity index (χ3v) is 4.85. The van der Waals surface area contributed by atoms with E-state index in [-0.39, 0.29) is 0 Å². The predicted octanol–water partition coefficient (Wildman–Crippen LogP) is 5.16. The summed E-state index contributed by atoms with van der Waals surface area (Å²) in [7, 11) is 0. The summed E-state index contributed by atoms with van der Waals surface area (Å²) in [4.78, 5) is 2.70. The van der Waals surface area contributed by atoms with Gasteiger partial charge in [0.1, 0.15) is 0 Å². The van der Waals surface area contributed by atoms with Crippen molar-refractivity contribution in [2.24, 2.45) is 5.92 Å². The Kier molecular flexibility index (Phi) is 11.0. The molecule has 1 heterocycles. The lowest BCUT2D eigenvalue weighted by molar-refractivity contribution is 0.175. The summed E-state index contributed by atoms with van der Waals surface area (Å²) in [5.74, 6) is 2.10. The second-order valence-electron chi connectivity index (χ2n) is 6.27. The minimum absolute atomic E-state index is 1.04. The molecule has 0 radical (unpaired) electrons. The Balaban J connectivity index is 1.85. The smallest absolute Gasteiger partial charge is 0.00161 e. The van der Waals surface area contributed by atoms with E-state index < -0.39 is 0 Å². The SMILES string of the molecule is CCCC1CCN(CCCCCCCCCS)CC1. The molecular weight excluding hydrogens is 250 g/mol. The van der Waals surface area contributed by atoms with Crippen LogP contribution in [0.15, 0.2) is 0 Å². The molecule has 1 aliphatic heterocycles. The van der Waals surface area contributed by atoms with Gasteiger partial charge in [0.25, 0.3) is 0 Å². The van der Waals surface area contributed by atoms with Gasteiger partial charge in [0, 0.05) is 0 Å². The van der Waals surface area contributed by atoms with Crippen LogP contribution < -0.4 is 0 Å². The molecule has 0 saturated carbocycles. The Morgan fingerprint density at radius 1 is 0.895 bits per heavy atom. The summed E-state index contributed by atoms with van der Waals surface area (Å²) in [5.41, 5.74) is 0. The molecule has 19 heavy (non-hydrogen) atoms. The van der Waals surface area contributed by atoms with Gasteiger partial charge >= 0.3 is 0 Å². The van der Waals surface area contributed by atoms with E-state index in [1.54, 1.807) is 0 Å². The van der Waals surface area contributed by atoms with Crippen LogP contribution in [0.1, 0.15) is 77.6 Å². The molecule has 0 spiro atoms. The lowest BCUT2D eigenvalue weighted by Crippen LogP contribution is -2.34. The van der Waals surface area contributed by atoms with Gasteiger partial charge in [-0.05, 0) is 57.0 Å². The van der Waals surface area contributed by atoms with Crippen LogP contribution >= 0.6 is 12.6 Å². The molecule has 0 aromatic heterocycles. The molecule has 0 atom stereocenters. The van der Waals surface area contributed by atoms with E-state index in [2.05, 4.69) is 24.5 Å². The monoisotopic (exact) mass is 285 g/mol. The zero-order valence-corrected chi connectivity index (χ0v) is 14.0. The standard InChI is InChI=1S/C17H35NS/c1-2-10-17-11-14-18(15-12-17)13-8-6-4-3-5-7-9-16-19/h17,19H,2-16H2,1H3. The number of likely N-dealkylation sites (tertiary alicyclic amines) is 1. The quantitative estimate of drug-likeness (QED) is 0.405. The molecule has 2 heteroatoms. The maximum absolute atomic E-state index is 4.25. The van der Waals surface area contributed by atoms with Crippen LogP contribution in [0.25, 0.3) is 0 Å². The molecule has 0 bridgehead atoms. The third-order valence-electron chi connectivity index (χ3n) is 4.54. The van der Waals surface area contributed by atoms with Crippen molar-refractivity contribution < 1.29 is 0 Å². The van der Waals surface area contributed by atoms with Crippen LogP contribution in [0.4, 0.5) is 0 Å². The van der Waals surface area contributed by atoms with Gasteiger partial charge in [-0.2, -0.15) is 12.6 Å². The molecule has 0 unspecified atom stereocenters. The van der Waals surface area contributed by atoms with Crippen molar-refractivity contribution in [3.63, 3.8) is 0 Å². The first kappa shape index (κ1) is 17.4. The summed E-state index contributed by atoms with van der Waals surface area (Å²) >= 11 is 4.25. The fourth-order valence-electron chi connectivity index (χ4n) is 3.24. The normalized spacial score (nSPS) is 18.0. The minimum Gasteiger partial charge on any atom is -0.303 e. The highest BCUT2D eigenvalue weighted by atomic mass is 32.1. The van der Waals surface area contributed by atoms with Gasteiger partial charge in [-0.15, -0.1) is 0 Å². The van der Waals surface area contributed by atoms with Crippen molar-refractivity contribution in [2.45, 2.75) is 77.6 Å². The number of hydrogen-bond donors (Lipinski definition) is 1. The lowest BCUT2D eigenvalue weighted by atomic mass is 9.92. The van der Waals surface area contributed by atoms with Gasteiger partial charge in [-0.1, -0.05) is 51.9 Å². The molecule has 0 aromatic rings. The number of hydrogen-bond acceptors (Lipinski definition) is 2. The van der Waals surface area contributed by atoms with E-state index in [4.69, 9.17) is 0 Å². The molecule has 0 amide bonds. The Bertz CT molecular complexity index is 188. The largest absolute Gasteiger partial charge is 0.303 e. The highest BCUT2D eigenvalue weighted by Gasteiger charge is 2.17. The Labute approximate surface area is 126 Å². The molecule has 0 aliphatic carbocycles. The van der Waals surface area contributed by atoms with E-state index >= 15 is 0 Å². The van der Waals surface area contributed by atoms with Crippen LogP contribution in [-0.4, -0.2) is 30.3 Å². The summed E-state index contributed by atoms with van der Waals surface area (Å²) in [6.07, 6.45) is 15.6. The first-order valence-electron chi connectivity index (χ1n) is 8.70. The minimum atomic E-state index is 1.04. The highest BCUT2D eigenvalue weighted by molar-refractivity contribution is 7.80. The molecule has 114 valence electrons. The van der Waals surface area contributed by atoms with Crippen molar-refractivity contribution in [3.05, 3.63) is 0 Å². The molecule has 1 aliphatic rings. The summed E-state index contributed by atoms with van der Waals surface area (Å²) in [5, 5.41) is 0. The van der Waals surface area contributed by atoms with Crippen LogP contribution in [0, 0.1) is 5.92 Å². The summed E-state index contributed by atoms with van der Waals surface area (Å²) in [6, 6.07) is 0. The van der Waals surface area contributed by atoms with Crippen molar-refractivity contribution in [3.8, 4) is 0 Å². The van der Waals surface area contributed by atoms with Crippen LogP contribution in [-0.2, 0) is 0 Å². The van der Waals surface area contributed by atoms with Crippen molar-refractivity contribution >= 4 is 12.6 Å². The number of rotatable bonds is 11. The van der Waals surface area contributed by atoms with Gasteiger partial charge in [-0.25, -0.2) is 0 Å². The molecule has 1 saturated heterocycles. The maximum atomic E-state index is 4.25. The first-order valence-corrected chi connectivity index (χ1v) is 9.33. The molecule has 1 rings (SSSR count). The second-order valence-corrected chi connectivity index (χ2v) is 6.72. The maximum Gasteiger partial charge on any atom is -0.00161 e. The number of piperidine rings is 1. The molecular formula is C17H35NS. The Hall–Kier alpha value is 0.310. The van der Waals surface area contributed by atoms with Gasteiger partial charge in [0.2, 0.25) is 0 Å². The van der Waals surface area contributed by atoms with Crippen LogP contribution in [0.5, 0.6) is 0 Å². The Morgan fingerprint density at radius 3 is 2.05 bits per heavy atom. The number of thiol groups is 1. The average molecular weight is 286 g/mol. The second kappa shape index (κ2) is 12.1. The molecule has 1 nitrogen and oxygen atoms in total. The van der Waals surface area contributed by atoms with E-state index in [1.165, 1.54) is 90.3 Å². The van der Waals surface area contributed by atoms with Gasteiger partial charge in [-0.3, -0.25) is 0 Å². The highest BCUT2D eigenvalue weighted by Crippen LogP contribution is 2.21. The van der Waals surface area contributed by atoms with E-state index in [0.717, 1.165) is 11.7 Å². The predicted molar refractivity (Wildman–Crippen MR) is 90.2 cm³/mol. The number of nitrogens with zero attached hydrogens (tertiary/aromatic N) is 1. The zero-order chi connectivity index (χ0) is 13.8. The van der Waals surface area contributed by atoms with Crippen molar-refractivity contribution in [2.75, 3.05) is 25.4 Å². The fraction of sp³-hybridized carbons (Fsp3) is 1.00. The Morgan fingerprint density at radius 2 is 1.47 bits per heavy atom. The van der Waals surface area contributed by atoms with Gasteiger partial charge in [0.05, 0.1) is 0 Å². The average Bonchev–Trinajstić information content (AvgIpc) is 2.44. The number of unbranched alkanes of at least 4 members (excludes halogenated alkanes) is 6. The third kappa shape index (κ3) is 8.96. The fourth-order valence-corrected chi connectivity index (χ4v) is 3.46. The van der Waals surface area contributed by atoms with E-state index in [9.17, 15) is 0 Å². The lowest BCUT2D eigenvalue weighted by Gasteiger charge is -2.31. The summed E-state index contributed by atoms with van der Waals surface area (Å²) in [6.45, 7) is 6.41. The van der Waals surface area contributed by atoms with Crippen molar-refractivity contribution in [1.82, 2.24) is 4.90 Å². The molecule has 0 N–H and O–H groups in total. The van der Waals surface area contributed by atoms with Gasteiger partial charge in [0.15, 0.2) is 0 Å². The van der Waals surface area contributed by atoms with Crippen molar-refractivity contribution in [1.29, 1.82) is 0 Å². The molecule has 0 aromatic carbocycles. The zero-order valence-electron chi connectivity index (χ0n) is 13.1. The summed E-state index contributed by atoms with van der Waals surface area (Å²) < 4.78 is 0.